The third-order valence-corrected chi connectivity index (χ3v) is 6.81. The van der Waals surface area contributed by atoms with Crippen molar-refractivity contribution in [2.45, 2.75) is 63.6 Å². The summed E-state index contributed by atoms with van der Waals surface area (Å²) >= 11 is 1.62. The number of benzene rings is 1. The molecule has 1 aliphatic heterocycles. The zero-order chi connectivity index (χ0) is 18.9. The van der Waals surface area contributed by atoms with Crippen LogP contribution < -0.4 is 5.32 Å². The maximum absolute atomic E-state index is 13.4. The molecule has 27 heavy (non-hydrogen) atoms. The second-order valence-electron chi connectivity index (χ2n) is 7.89. The normalized spacial score (nSPS) is 23.1. The number of thiophene rings is 1. The SMILES string of the molecule is CC1(C(=O)NC2CCCCC2)Cc2ccccc2C(=O)N1Cc1cccs1. The molecule has 4 nitrogen and oxygen atoms in total. The number of hydrogen-bond acceptors (Lipinski definition) is 3. The van der Waals surface area contributed by atoms with Crippen LogP contribution in [0.1, 0.15) is 59.8 Å². The van der Waals surface area contributed by atoms with Crippen molar-refractivity contribution >= 4 is 23.2 Å². The minimum Gasteiger partial charge on any atom is -0.351 e. The van der Waals surface area contributed by atoms with Gasteiger partial charge in [-0.15, -0.1) is 11.3 Å². The van der Waals surface area contributed by atoms with Crippen molar-refractivity contribution in [3.63, 3.8) is 0 Å². The highest BCUT2D eigenvalue weighted by molar-refractivity contribution is 7.09. The predicted octanol–water partition coefficient (Wildman–Crippen LogP) is 4.15. The summed E-state index contributed by atoms with van der Waals surface area (Å²) in [5.74, 6) is -0.0691. The zero-order valence-electron chi connectivity index (χ0n) is 15.7. The Hall–Kier alpha value is -2.14. The Morgan fingerprint density at radius 2 is 1.96 bits per heavy atom. The third kappa shape index (κ3) is 3.53. The van der Waals surface area contributed by atoms with Crippen molar-refractivity contribution < 1.29 is 9.59 Å². The topological polar surface area (TPSA) is 49.4 Å². The maximum atomic E-state index is 13.4. The molecule has 0 radical (unpaired) electrons. The van der Waals surface area contributed by atoms with Gasteiger partial charge in [0.2, 0.25) is 5.91 Å². The van der Waals surface area contributed by atoms with Crippen LogP contribution in [-0.4, -0.2) is 28.3 Å². The molecule has 1 fully saturated rings. The lowest BCUT2D eigenvalue weighted by atomic mass is 9.82. The van der Waals surface area contributed by atoms with Crippen molar-refractivity contribution in [3.05, 3.63) is 57.8 Å². The van der Waals surface area contributed by atoms with E-state index in [1.54, 1.807) is 16.2 Å². The van der Waals surface area contributed by atoms with Crippen LogP contribution in [0.4, 0.5) is 0 Å². The molecular weight excluding hydrogens is 356 g/mol. The molecule has 2 amide bonds. The van der Waals surface area contributed by atoms with E-state index >= 15 is 0 Å². The fraction of sp³-hybridized carbons (Fsp3) is 0.455. The number of fused-ring (bicyclic) bond motifs is 1. The molecule has 1 saturated carbocycles. The quantitative estimate of drug-likeness (QED) is 0.863. The van der Waals surface area contributed by atoms with Crippen LogP contribution in [0.15, 0.2) is 41.8 Å². The number of carbonyl (C=O) groups excluding carboxylic acids is 2. The average Bonchev–Trinajstić information content (AvgIpc) is 3.19. The lowest BCUT2D eigenvalue weighted by Gasteiger charge is -2.44. The maximum Gasteiger partial charge on any atom is 0.255 e. The van der Waals surface area contributed by atoms with Crippen LogP contribution >= 0.6 is 11.3 Å². The van der Waals surface area contributed by atoms with E-state index in [4.69, 9.17) is 0 Å². The van der Waals surface area contributed by atoms with Crippen LogP contribution in [0.3, 0.4) is 0 Å². The summed E-state index contributed by atoms with van der Waals surface area (Å²) in [6.45, 7) is 2.39. The number of carbonyl (C=O) groups is 2. The van der Waals surface area contributed by atoms with Crippen molar-refractivity contribution in [1.29, 1.82) is 0 Å². The predicted molar refractivity (Wildman–Crippen MR) is 108 cm³/mol. The van der Waals surface area contributed by atoms with E-state index in [0.717, 1.165) is 28.8 Å². The van der Waals surface area contributed by atoms with Gasteiger partial charge in [0, 0.05) is 22.9 Å². The fourth-order valence-electron chi connectivity index (χ4n) is 4.31. The van der Waals surface area contributed by atoms with Gasteiger partial charge >= 0.3 is 0 Å². The van der Waals surface area contributed by atoms with Crippen LogP contribution in [-0.2, 0) is 17.8 Å². The molecule has 5 heteroatoms. The molecule has 0 spiro atoms. The van der Waals surface area contributed by atoms with E-state index in [2.05, 4.69) is 5.32 Å². The Morgan fingerprint density at radius 3 is 2.70 bits per heavy atom. The van der Waals surface area contributed by atoms with Crippen molar-refractivity contribution in [3.8, 4) is 0 Å². The molecule has 142 valence electrons. The van der Waals surface area contributed by atoms with Crippen LogP contribution in [0.5, 0.6) is 0 Å². The van der Waals surface area contributed by atoms with Crippen LogP contribution in [0.2, 0.25) is 0 Å². The Labute approximate surface area is 164 Å². The summed E-state index contributed by atoms with van der Waals surface area (Å²) in [6, 6.07) is 11.9. The Morgan fingerprint density at radius 1 is 1.19 bits per heavy atom. The second kappa shape index (κ2) is 7.47. The molecule has 2 heterocycles. The van der Waals surface area contributed by atoms with Gasteiger partial charge in [-0.1, -0.05) is 43.5 Å². The van der Waals surface area contributed by atoms with E-state index in [1.165, 1.54) is 19.3 Å². The summed E-state index contributed by atoms with van der Waals surface area (Å²) in [4.78, 5) is 29.6. The first-order valence-corrected chi connectivity index (χ1v) is 10.7. The zero-order valence-corrected chi connectivity index (χ0v) is 16.6. The first kappa shape index (κ1) is 18.2. The minimum absolute atomic E-state index is 0.0196. The largest absolute Gasteiger partial charge is 0.351 e. The Bertz CT molecular complexity index is 827. The molecule has 2 aromatic rings. The smallest absolute Gasteiger partial charge is 0.255 e. The highest BCUT2D eigenvalue weighted by Gasteiger charge is 2.47. The van der Waals surface area contributed by atoms with Gasteiger partial charge < -0.3 is 10.2 Å². The van der Waals surface area contributed by atoms with E-state index in [1.807, 2.05) is 48.7 Å². The summed E-state index contributed by atoms with van der Waals surface area (Å²) < 4.78 is 0. The molecule has 1 aromatic heterocycles. The minimum atomic E-state index is -0.868. The van der Waals surface area contributed by atoms with Crippen molar-refractivity contribution in [2.75, 3.05) is 0 Å². The number of nitrogens with zero attached hydrogens (tertiary/aromatic N) is 1. The molecule has 1 aliphatic carbocycles. The molecule has 1 N–H and O–H groups in total. The molecule has 4 rings (SSSR count). The van der Waals surface area contributed by atoms with Gasteiger partial charge in [-0.3, -0.25) is 9.59 Å². The van der Waals surface area contributed by atoms with E-state index in [9.17, 15) is 9.59 Å². The monoisotopic (exact) mass is 382 g/mol. The average molecular weight is 383 g/mol. The Balaban J connectivity index is 1.65. The summed E-state index contributed by atoms with van der Waals surface area (Å²) in [5, 5.41) is 5.27. The summed E-state index contributed by atoms with van der Waals surface area (Å²) in [6.07, 6.45) is 6.22. The third-order valence-electron chi connectivity index (χ3n) is 5.95. The number of nitrogens with one attached hydrogen (secondary N) is 1. The number of amides is 2. The Kier molecular flexibility index (Phi) is 5.04. The second-order valence-corrected chi connectivity index (χ2v) is 8.92. The fourth-order valence-corrected chi connectivity index (χ4v) is 5.01. The van der Waals surface area contributed by atoms with Crippen molar-refractivity contribution in [1.82, 2.24) is 10.2 Å². The molecule has 2 aliphatic rings. The van der Waals surface area contributed by atoms with Gasteiger partial charge in [0.05, 0.1) is 6.54 Å². The van der Waals surface area contributed by atoms with Gasteiger partial charge in [-0.2, -0.15) is 0 Å². The highest BCUT2D eigenvalue weighted by atomic mass is 32.1. The molecule has 0 saturated heterocycles. The molecule has 1 aromatic carbocycles. The molecular formula is C22H26N2O2S. The lowest BCUT2D eigenvalue weighted by Crippen LogP contribution is -2.63. The molecule has 0 bridgehead atoms. The highest BCUT2D eigenvalue weighted by Crippen LogP contribution is 2.34. The van der Waals surface area contributed by atoms with Crippen LogP contribution in [0.25, 0.3) is 0 Å². The molecule has 1 atom stereocenters. The van der Waals surface area contributed by atoms with E-state index in [-0.39, 0.29) is 17.9 Å². The van der Waals surface area contributed by atoms with Crippen molar-refractivity contribution in [2.24, 2.45) is 0 Å². The van der Waals surface area contributed by atoms with Gasteiger partial charge in [-0.25, -0.2) is 0 Å². The number of hydrogen-bond donors (Lipinski definition) is 1. The molecule has 1 unspecified atom stereocenters. The van der Waals surface area contributed by atoms with Gasteiger partial charge in [0.1, 0.15) is 5.54 Å². The van der Waals surface area contributed by atoms with Gasteiger partial charge in [0.15, 0.2) is 0 Å². The van der Waals surface area contributed by atoms with E-state index in [0.29, 0.717) is 13.0 Å². The lowest BCUT2D eigenvalue weighted by molar-refractivity contribution is -0.133. The standard InChI is InChI=1S/C22H26N2O2S/c1-22(21(26)23-17-9-3-2-4-10-17)14-16-8-5-6-12-19(16)20(25)24(22)15-18-11-7-13-27-18/h5-8,11-13,17H,2-4,9-10,14-15H2,1H3,(H,23,26). The van der Waals surface area contributed by atoms with Crippen LogP contribution in [0, 0.1) is 0 Å². The number of rotatable bonds is 4. The first-order valence-electron chi connectivity index (χ1n) is 9.81. The summed E-state index contributed by atoms with van der Waals surface area (Å²) in [7, 11) is 0. The van der Waals surface area contributed by atoms with Gasteiger partial charge in [0.25, 0.3) is 5.91 Å². The van der Waals surface area contributed by atoms with Gasteiger partial charge in [-0.05, 0) is 42.8 Å². The van der Waals surface area contributed by atoms with E-state index < -0.39 is 5.54 Å². The summed E-state index contributed by atoms with van der Waals surface area (Å²) in [5.41, 5.74) is 0.815. The first-order chi connectivity index (χ1) is 13.1.